The van der Waals surface area contributed by atoms with Crippen LogP contribution in [-0.4, -0.2) is 32.1 Å². The molecule has 0 saturated heterocycles. The summed E-state index contributed by atoms with van der Waals surface area (Å²) >= 11 is 0. The summed E-state index contributed by atoms with van der Waals surface area (Å²) < 4.78 is 32.6. The van der Waals surface area contributed by atoms with E-state index in [1.54, 1.807) is 13.0 Å². The molecule has 0 saturated carbocycles. The van der Waals surface area contributed by atoms with E-state index >= 15 is 0 Å². The van der Waals surface area contributed by atoms with E-state index in [0.717, 1.165) is 5.56 Å². The predicted octanol–water partition coefficient (Wildman–Crippen LogP) is 1.40. The van der Waals surface area contributed by atoms with Crippen molar-refractivity contribution in [1.29, 1.82) is 0 Å². The van der Waals surface area contributed by atoms with Crippen molar-refractivity contribution in [3.63, 3.8) is 0 Å². The first-order chi connectivity index (χ1) is 9.86. The van der Waals surface area contributed by atoms with Gasteiger partial charge in [0.05, 0.1) is 6.61 Å². The van der Waals surface area contributed by atoms with Gasteiger partial charge in [-0.05, 0) is 17.5 Å². The van der Waals surface area contributed by atoms with E-state index in [0.29, 0.717) is 25.2 Å². The van der Waals surface area contributed by atoms with Crippen molar-refractivity contribution >= 4 is 16.0 Å². The van der Waals surface area contributed by atoms with Crippen molar-refractivity contribution in [3.05, 3.63) is 23.8 Å². The van der Waals surface area contributed by atoms with Crippen LogP contribution in [0.3, 0.4) is 0 Å². The first-order valence-electron chi connectivity index (χ1n) is 6.86. The second kappa shape index (κ2) is 6.03. The normalized spacial score (nSPS) is 16.9. The fraction of sp³-hybridized carbons (Fsp3) is 0.500. The average Bonchev–Trinajstić information content (AvgIpc) is 2.91. The molecule has 0 radical (unpaired) electrons. The number of carboxylic acids is 1. The van der Waals surface area contributed by atoms with E-state index in [4.69, 9.17) is 4.74 Å². The lowest BCUT2D eigenvalue weighted by Crippen LogP contribution is -2.44. The Bertz CT molecular complexity index is 641. The average molecular weight is 313 g/mol. The van der Waals surface area contributed by atoms with Gasteiger partial charge in [-0.25, -0.2) is 8.42 Å². The largest absolute Gasteiger partial charge is 0.492 e. The van der Waals surface area contributed by atoms with Crippen molar-refractivity contribution in [1.82, 2.24) is 4.72 Å². The summed E-state index contributed by atoms with van der Waals surface area (Å²) in [6.07, 6.45) is 1.22. The minimum atomic E-state index is -3.94. The Morgan fingerprint density at radius 3 is 2.81 bits per heavy atom. The molecule has 1 aromatic rings. The molecule has 21 heavy (non-hydrogen) atoms. The van der Waals surface area contributed by atoms with Gasteiger partial charge < -0.3 is 9.84 Å². The zero-order chi connectivity index (χ0) is 15.6. The minimum Gasteiger partial charge on any atom is -0.492 e. The van der Waals surface area contributed by atoms with Crippen molar-refractivity contribution in [3.8, 4) is 5.75 Å². The number of aliphatic carboxylic acids is 1. The Balaban J connectivity index is 2.35. The number of carbonyl (C=O) groups is 1. The molecule has 1 heterocycles. The standard InChI is InChI=1S/C14H19NO5S/c1-3-9(2)12(14(16)17)15-21(18,19)11-6-4-5-10-7-8-20-13(10)11/h4-6,9,12,15H,3,7-8H2,1-2H3,(H,16,17)/t9-,12-/m0/s1. The highest BCUT2D eigenvalue weighted by molar-refractivity contribution is 7.89. The third-order valence-electron chi connectivity index (χ3n) is 3.73. The van der Waals surface area contributed by atoms with E-state index < -0.39 is 22.0 Å². The highest BCUT2D eigenvalue weighted by Gasteiger charge is 2.32. The van der Waals surface area contributed by atoms with Crippen LogP contribution in [0.15, 0.2) is 23.1 Å². The van der Waals surface area contributed by atoms with Gasteiger partial charge >= 0.3 is 5.97 Å². The molecular weight excluding hydrogens is 294 g/mol. The molecule has 2 atom stereocenters. The Morgan fingerprint density at radius 2 is 2.19 bits per heavy atom. The summed E-state index contributed by atoms with van der Waals surface area (Å²) in [4.78, 5) is 11.3. The van der Waals surface area contributed by atoms with E-state index in [9.17, 15) is 18.3 Å². The molecule has 0 unspecified atom stereocenters. The number of hydrogen-bond donors (Lipinski definition) is 2. The van der Waals surface area contributed by atoms with Crippen molar-refractivity contribution in [2.45, 2.75) is 37.6 Å². The first-order valence-corrected chi connectivity index (χ1v) is 8.35. The van der Waals surface area contributed by atoms with Gasteiger partial charge in [-0.1, -0.05) is 32.4 Å². The van der Waals surface area contributed by atoms with Crippen LogP contribution >= 0.6 is 0 Å². The van der Waals surface area contributed by atoms with Crippen LogP contribution in [-0.2, 0) is 21.2 Å². The van der Waals surface area contributed by atoms with Gasteiger partial charge in [0.15, 0.2) is 0 Å². The topological polar surface area (TPSA) is 92.7 Å². The number of sulfonamides is 1. The van der Waals surface area contributed by atoms with E-state index in [-0.39, 0.29) is 10.8 Å². The van der Waals surface area contributed by atoms with Crippen molar-refractivity contribution in [2.75, 3.05) is 6.61 Å². The number of para-hydroxylation sites is 1. The highest BCUT2D eigenvalue weighted by atomic mass is 32.2. The molecule has 0 amide bonds. The second-order valence-corrected chi connectivity index (χ2v) is 6.85. The van der Waals surface area contributed by atoms with Gasteiger partial charge in [-0.3, -0.25) is 4.79 Å². The zero-order valence-electron chi connectivity index (χ0n) is 12.0. The Hall–Kier alpha value is -1.60. The summed E-state index contributed by atoms with van der Waals surface area (Å²) in [5.41, 5.74) is 0.827. The molecule has 1 aliphatic heterocycles. The number of ether oxygens (including phenoxy) is 1. The summed E-state index contributed by atoms with van der Waals surface area (Å²) in [6.45, 7) is 3.96. The minimum absolute atomic E-state index is 0.00653. The van der Waals surface area contributed by atoms with Crippen LogP contribution in [0.25, 0.3) is 0 Å². The van der Waals surface area contributed by atoms with Crippen LogP contribution in [0, 0.1) is 5.92 Å². The number of carboxylic acid groups (broad SMARTS) is 1. The number of benzene rings is 1. The predicted molar refractivity (Wildman–Crippen MR) is 76.8 cm³/mol. The SMILES string of the molecule is CC[C@H](C)[C@H](NS(=O)(=O)c1cccc2c1OCC2)C(=O)O. The Labute approximate surface area is 124 Å². The molecular formula is C14H19NO5S. The molecule has 0 aromatic heterocycles. The van der Waals surface area contributed by atoms with E-state index in [2.05, 4.69) is 4.72 Å². The Morgan fingerprint density at radius 1 is 1.48 bits per heavy atom. The second-order valence-electron chi connectivity index (χ2n) is 5.17. The third kappa shape index (κ3) is 3.19. The van der Waals surface area contributed by atoms with Crippen LogP contribution in [0.1, 0.15) is 25.8 Å². The lowest BCUT2D eigenvalue weighted by atomic mass is 10.0. The lowest BCUT2D eigenvalue weighted by Gasteiger charge is -2.20. The van der Waals surface area contributed by atoms with Gasteiger partial charge in [0, 0.05) is 6.42 Å². The van der Waals surface area contributed by atoms with Crippen LogP contribution in [0.4, 0.5) is 0 Å². The zero-order valence-corrected chi connectivity index (χ0v) is 12.8. The quantitative estimate of drug-likeness (QED) is 0.828. The number of rotatable bonds is 6. The van der Waals surface area contributed by atoms with Crippen LogP contribution < -0.4 is 9.46 Å². The number of nitrogens with one attached hydrogen (secondary N) is 1. The summed E-state index contributed by atoms with van der Waals surface area (Å²) in [7, 11) is -3.94. The maximum absolute atomic E-state index is 12.5. The fourth-order valence-electron chi connectivity index (χ4n) is 2.27. The van der Waals surface area contributed by atoms with E-state index in [1.807, 2.05) is 13.0 Å². The van der Waals surface area contributed by atoms with Gasteiger partial charge in [0.1, 0.15) is 16.7 Å². The highest BCUT2D eigenvalue weighted by Crippen LogP contribution is 2.32. The summed E-state index contributed by atoms with van der Waals surface area (Å²) in [6, 6.07) is 3.73. The maximum atomic E-state index is 12.5. The van der Waals surface area contributed by atoms with Crippen LogP contribution in [0.5, 0.6) is 5.75 Å². The van der Waals surface area contributed by atoms with Gasteiger partial charge in [0.25, 0.3) is 0 Å². The molecule has 0 bridgehead atoms. The van der Waals surface area contributed by atoms with Crippen molar-refractivity contribution < 1.29 is 23.1 Å². The lowest BCUT2D eigenvalue weighted by molar-refractivity contribution is -0.140. The molecule has 0 aliphatic carbocycles. The third-order valence-corrected chi connectivity index (χ3v) is 5.19. The fourth-order valence-corrected chi connectivity index (χ4v) is 3.76. The molecule has 1 aliphatic rings. The monoisotopic (exact) mass is 313 g/mol. The van der Waals surface area contributed by atoms with Crippen molar-refractivity contribution in [2.24, 2.45) is 5.92 Å². The molecule has 6 nitrogen and oxygen atoms in total. The van der Waals surface area contributed by atoms with Gasteiger partial charge in [0.2, 0.25) is 10.0 Å². The van der Waals surface area contributed by atoms with Crippen LogP contribution in [0.2, 0.25) is 0 Å². The van der Waals surface area contributed by atoms with E-state index in [1.165, 1.54) is 6.07 Å². The van der Waals surface area contributed by atoms with Gasteiger partial charge in [-0.2, -0.15) is 4.72 Å². The molecule has 0 spiro atoms. The smallest absolute Gasteiger partial charge is 0.322 e. The summed E-state index contributed by atoms with van der Waals surface area (Å²) in [5, 5.41) is 9.22. The number of fused-ring (bicyclic) bond motifs is 1. The molecule has 116 valence electrons. The molecule has 1 aromatic carbocycles. The Kier molecular flexibility index (Phi) is 4.53. The summed E-state index contributed by atoms with van der Waals surface area (Å²) in [5.74, 6) is -1.16. The maximum Gasteiger partial charge on any atom is 0.322 e. The van der Waals surface area contributed by atoms with Gasteiger partial charge in [-0.15, -0.1) is 0 Å². The molecule has 0 fully saturated rings. The number of hydrogen-bond acceptors (Lipinski definition) is 4. The molecule has 2 rings (SSSR count). The first kappa shape index (κ1) is 15.8. The molecule has 2 N–H and O–H groups in total. The molecule has 7 heteroatoms.